The summed E-state index contributed by atoms with van der Waals surface area (Å²) in [4.78, 5) is 2.34. The van der Waals surface area contributed by atoms with E-state index in [2.05, 4.69) is 10.2 Å². The summed E-state index contributed by atoms with van der Waals surface area (Å²) in [6, 6.07) is 14.6. The van der Waals surface area contributed by atoms with Gasteiger partial charge in [0.25, 0.3) is 0 Å². The summed E-state index contributed by atoms with van der Waals surface area (Å²) in [7, 11) is 0. The minimum atomic E-state index is -0.485. The van der Waals surface area contributed by atoms with Crippen LogP contribution in [0, 0.1) is 5.82 Å². The van der Waals surface area contributed by atoms with E-state index in [1.165, 1.54) is 31.7 Å². The molecular weight excluding hydrogens is 355 g/mol. The average molecular weight is 387 g/mol. The summed E-state index contributed by atoms with van der Waals surface area (Å²) >= 11 is 0. The SMILES string of the molecule is OC(COc1cccc(CNCc2ccccc2F)c1)CN1CCCCCC1. The lowest BCUT2D eigenvalue weighted by atomic mass is 10.2. The molecule has 152 valence electrons. The summed E-state index contributed by atoms with van der Waals surface area (Å²) in [5.74, 6) is 0.561. The van der Waals surface area contributed by atoms with Crippen molar-refractivity contribution in [1.29, 1.82) is 0 Å². The van der Waals surface area contributed by atoms with Crippen molar-refractivity contribution < 1.29 is 14.2 Å². The van der Waals surface area contributed by atoms with E-state index in [9.17, 15) is 9.50 Å². The number of aliphatic hydroxyl groups excluding tert-OH is 1. The number of ether oxygens (including phenoxy) is 1. The average Bonchev–Trinajstić information content (AvgIpc) is 2.97. The molecule has 4 nitrogen and oxygen atoms in total. The van der Waals surface area contributed by atoms with Crippen molar-refractivity contribution in [2.45, 2.75) is 44.9 Å². The molecule has 28 heavy (non-hydrogen) atoms. The number of likely N-dealkylation sites (tertiary alicyclic amines) is 1. The van der Waals surface area contributed by atoms with Gasteiger partial charge in [0.15, 0.2) is 0 Å². The van der Waals surface area contributed by atoms with Gasteiger partial charge in [-0.3, -0.25) is 0 Å². The lowest BCUT2D eigenvalue weighted by molar-refractivity contribution is 0.0693. The van der Waals surface area contributed by atoms with E-state index in [1.807, 2.05) is 30.3 Å². The van der Waals surface area contributed by atoms with Crippen molar-refractivity contribution >= 4 is 0 Å². The fraction of sp³-hybridized carbons (Fsp3) is 0.478. The van der Waals surface area contributed by atoms with Gasteiger partial charge in [-0.05, 0) is 49.7 Å². The van der Waals surface area contributed by atoms with Crippen LogP contribution in [0.4, 0.5) is 4.39 Å². The highest BCUT2D eigenvalue weighted by Gasteiger charge is 2.14. The highest BCUT2D eigenvalue weighted by molar-refractivity contribution is 5.28. The third-order valence-electron chi connectivity index (χ3n) is 5.11. The van der Waals surface area contributed by atoms with E-state index in [1.54, 1.807) is 12.1 Å². The van der Waals surface area contributed by atoms with Crippen molar-refractivity contribution in [2.75, 3.05) is 26.2 Å². The predicted octanol–water partition coefficient (Wildman–Crippen LogP) is 3.73. The summed E-state index contributed by atoms with van der Waals surface area (Å²) in [6.45, 7) is 4.21. The minimum absolute atomic E-state index is 0.189. The summed E-state index contributed by atoms with van der Waals surface area (Å²) in [5, 5.41) is 13.6. The minimum Gasteiger partial charge on any atom is -0.491 e. The summed E-state index contributed by atoms with van der Waals surface area (Å²) in [5.41, 5.74) is 1.72. The zero-order valence-corrected chi connectivity index (χ0v) is 16.4. The monoisotopic (exact) mass is 386 g/mol. The Kier molecular flexibility index (Phi) is 8.27. The maximum absolute atomic E-state index is 13.7. The number of rotatable bonds is 9. The van der Waals surface area contributed by atoms with Gasteiger partial charge in [-0.2, -0.15) is 0 Å². The van der Waals surface area contributed by atoms with E-state index < -0.39 is 6.10 Å². The number of nitrogens with one attached hydrogen (secondary N) is 1. The van der Waals surface area contributed by atoms with Crippen molar-refractivity contribution in [3.05, 3.63) is 65.5 Å². The highest BCUT2D eigenvalue weighted by atomic mass is 19.1. The molecule has 1 unspecified atom stereocenters. The Labute approximate surface area is 167 Å². The lowest BCUT2D eigenvalue weighted by Gasteiger charge is -2.23. The molecule has 1 saturated heterocycles. The molecule has 0 spiro atoms. The quantitative estimate of drug-likeness (QED) is 0.689. The molecule has 0 saturated carbocycles. The van der Waals surface area contributed by atoms with Crippen molar-refractivity contribution in [3.8, 4) is 5.75 Å². The number of aliphatic hydroxyl groups is 1. The zero-order valence-electron chi connectivity index (χ0n) is 16.4. The van der Waals surface area contributed by atoms with E-state index in [0.717, 1.165) is 24.4 Å². The number of benzene rings is 2. The van der Waals surface area contributed by atoms with Crippen LogP contribution in [0.3, 0.4) is 0 Å². The summed E-state index contributed by atoms with van der Waals surface area (Å²) in [6.07, 6.45) is 4.54. The molecule has 1 aliphatic rings. The van der Waals surface area contributed by atoms with Crippen LogP contribution in [0.2, 0.25) is 0 Å². The number of hydrogen-bond acceptors (Lipinski definition) is 4. The maximum atomic E-state index is 13.7. The molecule has 2 aromatic rings. The number of hydrogen-bond donors (Lipinski definition) is 2. The van der Waals surface area contributed by atoms with Crippen molar-refractivity contribution in [1.82, 2.24) is 10.2 Å². The Bertz CT molecular complexity index is 717. The van der Waals surface area contributed by atoms with E-state index in [0.29, 0.717) is 31.8 Å². The van der Waals surface area contributed by atoms with Gasteiger partial charge < -0.3 is 20.1 Å². The molecule has 3 rings (SSSR count). The smallest absolute Gasteiger partial charge is 0.127 e. The van der Waals surface area contributed by atoms with Gasteiger partial charge in [-0.1, -0.05) is 43.2 Å². The molecule has 1 aliphatic heterocycles. The van der Waals surface area contributed by atoms with Gasteiger partial charge >= 0.3 is 0 Å². The fourth-order valence-corrected chi connectivity index (χ4v) is 3.59. The second-order valence-corrected chi connectivity index (χ2v) is 7.52. The van der Waals surface area contributed by atoms with E-state index in [4.69, 9.17) is 4.74 Å². The normalized spacial score (nSPS) is 16.5. The van der Waals surface area contributed by atoms with Gasteiger partial charge in [0, 0.05) is 25.2 Å². The van der Waals surface area contributed by atoms with Crippen LogP contribution < -0.4 is 10.1 Å². The first-order valence-electron chi connectivity index (χ1n) is 10.3. The van der Waals surface area contributed by atoms with E-state index in [-0.39, 0.29) is 5.82 Å². The first kappa shape index (κ1) is 20.8. The number of nitrogens with zero attached hydrogens (tertiary/aromatic N) is 1. The molecule has 1 atom stereocenters. The summed E-state index contributed by atoms with van der Waals surface area (Å²) < 4.78 is 19.5. The van der Waals surface area contributed by atoms with Gasteiger partial charge in [-0.15, -0.1) is 0 Å². The Balaban J connectivity index is 1.42. The first-order chi connectivity index (χ1) is 13.7. The van der Waals surface area contributed by atoms with Gasteiger partial charge in [0.05, 0.1) is 0 Å². The zero-order chi connectivity index (χ0) is 19.6. The fourth-order valence-electron chi connectivity index (χ4n) is 3.59. The third-order valence-corrected chi connectivity index (χ3v) is 5.11. The van der Waals surface area contributed by atoms with Crippen LogP contribution in [0.1, 0.15) is 36.8 Å². The Hall–Kier alpha value is -1.95. The molecule has 0 aromatic heterocycles. The number of halogens is 1. The van der Waals surface area contributed by atoms with Crippen LogP contribution in [-0.4, -0.2) is 42.4 Å². The van der Waals surface area contributed by atoms with Gasteiger partial charge in [0.1, 0.15) is 24.3 Å². The highest BCUT2D eigenvalue weighted by Crippen LogP contribution is 2.15. The maximum Gasteiger partial charge on any atom is 0.127 e. The third kappa shape index (κ3) is 6.89. The topological polar surface area (TPSA) is 44.7 Å². The second-order valence-electron chi connectivity index (χ2n) is 7.52. The largest absolute Gasteiger partial charge is 0.491 e. The molecule has 1 heterocycles. The lowest BCUT2D eigenvalue weighted by Crippen LogP contribution is -2.36. The molecule has 2 N–H and O–H groups in total. The van der Waals surface area contributed by atoms with Crippen LogP contribution in [0.15, 0.2) is 48.5 Å². The van der Waals surface area contributed by atoms with Crippen LogP contribution in [0.25, 0.3) is 0 Å². The molecule has 2 aromatic carbocycles. The Morgan fingerprint density at radius 2 is 1.79 bits per heavy atom. The van der Waals surface area contributed by atoms with Crippen LogP contribution in [0.5, 0.6) is 5.75 Å². The molecule has 5 heteroatoms. The first-order valence-corrected chi connectivity index (χ1v) is 10.3. The van der Waals surface area contributed by atoms with Crippen LogP contribution in [-0.2, 0) is 13.1 Å². The molecular formula is C23H31FN2O2. The molecule has 1 fully saturated rings. The van der Waals surface area contributed by atoms with Crippen LogP contribution >= 0.6 is 0 Å². The van der Waals surface area contributed by atoms with Crippen molar-refractivity contribution in [2.24, 2.45) is 0 Å². The Morgan fingerprint density at radius 1 is 1.00 bits per heavy atom. The van der Waals surface area contributed by atoms with E-state index >= 15 is 0 Å². The molecule has 0 amide bonds. The standard InChI is InChI=1S/C23H31FN2O2/c24-23-11-4-3-9-20(23)16-25-15-19-8-7-10-22(14-19)28-18-21(27)17-26-12-5-1-2-6-13-26/h3-4,7-11,14,21,25,27H,1-2,5-6,12-13,15-18H2. The molecule has 0 aliphatic carbocycles. The molecule has 0 bridgehead atoms. The Morgan fingerprint density at radius 3 is 2.57 bits per heavy atom. The molecule has 0 radical (unpaired) electrons. The van der Waals surface area contributed by atoms with Gasteiger partial charge in [0.2, 0.25) is 0 Å². The predicted molar refractivity (Wildman–Crippen MR) is 110 cm³/mol. The number of β-amino-alcohol motifs (C(OH)–C–C–N with tert-alkyl or cyclic N) is 1. The second kappa shape index (κ2) is 11.1. The van der Waals surface area contributed by atoms with Crippen molar-refractivity contribution in [3.63, 3.8) is 0 Å². The van der Waals surface area contributed by atoms with Gasteiger partial charge in [-0.25, -0.2) is 4.39 Å².